The molecular weight excluding hydrogens is 515 g/mol. The highest BCUT2D eigenvalue weighted by atomic mass is 35.5. The summed E-state index contributed by atoms with van der Waals surface area (Å²) in [5.41, 5.74) is 5.61. The Morgan fingerprint density at radius 1 is 0.971 bits per heavy atom. The third kappa shape index (κ3) is 6.36. The van der Waals surface area contributed by atoms with E-state index in [9.17, 15) is 0 Å². The molecule has 0 bridgehead atoms. The standard InChI is InChI=1S/C23H19Cl3N6OS/c24-18-8-5-15(6-9-18)13-33-21-4-2-1-3-17(21)12-28-29-22-30-31-23(32(22)27)34-14-16-7-10-19(25)20(26)11-16/h1-12H,13-14,27H2,(H,29,30)/b28-12+. The SMILES string of the molecule is Nn1c(N/N=C/c2ccccc2OCc2ccc(Cl)cc2)nnc1SCc1ccc(Cl)c(Cl)c1. The second-order valence-electron chi connectivity index (χ2n) is 7.04. The molecule has 0 fully saturated rings. The first kappa shape index (κ1) is 24.2. The molecule has 0 atom stereocenters. The number of hydrazone groups is 1. The monoisotopic (exact) mass is 532 g/mol. The van der Waals surface area contributed by atoms with E-state index >= 15 is 0 Å². The molecule has 0 unspecified atom stereocenters. The lowest BCUT2D eigenvalue weighted by Gasteiger charge is -2.09. The maximum absolute atomic E-state index is 6.11. The quantitative estimate of drug-likeness (QED) is 0.114. The third-order valence-corrected chi connectivity index (χ3v) is 6.62. The van der Waals surface area contributed by atoms with Gasteiger partial charge in [-0.25, -0.2) is 10.1 Å². The molecule has 0 aliphatic rings. The van der Waals surface area contributed by atoms with Gasteiger partial charge < -0.3 is 10.6 Å². The highest BCUT2D eigenvalue weighted by molar-refractivity contribution is 7.98. The summed E-state index contributed by atoms with van der Waals surface area (Å²) in [5, 5.41) is 14.6. The number of halogens is 3. The average Bonchev–Trinajstić information content (AvgIpc) is 3.19. The van der Waals surface area contributed by atoms with E-state index < -0.39 is 0 Å². The topological polar surface area (TPSA) is 90.3 Å². The van der Waals surface area contributed by atoms with Crippen molar-refractivity contribution in [2.45, 2.75) is 17.5 Å². The average molecular weight is 534 g/mol. The van der Waals surface area contributed by atoms with Crippen molar-refractivity contribution in [2.24, 2.45) is 5.10 Å². The zero-order chi connectivity index (χ0) is 23.9. The van der Waals surface area contributed by atoms with Gasteiger partial charge in [0, 0.05) is 16.3 Å². The molecule has 0 aliphatic carbocycles. The van der Waals surface area contributed by atoms with Crippen molar-refractivity contribution < 1.29 is 4.74 Å². The Morgan fingerprint density at radius 3 is 2.53 bits per heavy atom. The summed E-state index contributed by atoms with van der Waals surface area (Å²) >= 11 is 19.4. The van der Waals surface area contributed by atoms with E-state index in [1.165, 1.54) is 16.4 Å². The first-order chi connectivity index (χ1) is 16.5. The van der Waals surface area contributed by atoms with Crippen LogP contribution in [0, 0.1) is 0 Å². The molecule has 1 heterocycles. The van der Waals surface area contributed by atoms with Crippen LogP contribution in [0.5, 0.6) is 5.75 Å². The first-order valence-electron chi connectivity index (χ1n) is 10.0. The van der Waals surface area contributed by atoms with Crippen LogP contribution < -0.4 is 16.0 Å². The van der Waals surface area contributed by atoms with Gasteiger partial charge in [0.2, 0.25) is 5.16 Å². The number of rotatable bonds is 9. The summed E-state index contributed by atoms with van der Waals surface area (Å²) < 4.78 is 7.28. The Morgan fingerprint density at radius 2 is 1.74 bits per heavy atom. The molecule has 0 aliphatic heterocycles. The zero-order valence-corrected chi connectivity index (χ0v) is 20.7. The predicted molar refractivity (Wildman–Crippen MR) is 140 cm³/mol. The van der Waals surface area contributed by atoms with E-state index in [0.29, 0.717) is 44.3 Å². The van der Waals surface area contributed by atoms with Gasteiger partial charge in [0.15, 0.2) is 0 Å². The molecule has 34 heavy (non-hydrogen) atoms. The van der Waals surface area contributed by atoms with E-state index in [4.69, 9.17) is 45.4 Å². The largest absolute Gasteiger partial charge is 0.488 e. The van der Waals surface area contributed by atoms with E-state index in [1.54, 1.807) is 12.3 Å². The second kappa shape index (κ2) is 11.5. The van der Waals surface area contributed by atoms with E-state index in [-0.39, 0.29) is 0 Å². The molecule has 174 valence electrons. The van der Waals surface area contributed by atoms with Crippen LogP contribution in [0.3, 0.4) is 0 Å². The van der Waals surface area contributed by atoms with Crippen molar-refractivity contribution in [3.8, 4) is 5.75 Å². The summed E-state index contributed by atoms with van der Waals surface area (Å²) in [6.07, 6.45) is 1.63. The number of ether oxygens (including phenoxy) is 1. The van der Waals surface area contributed by atoms with Gasteiger partial charge in [-0.15, -0.1) is 10.2 Å². The van der Waals surface area contributed by atoms with Crippen LogP contribution in [0.2, 0.25) is 15.1 Å². The molecular formula is C23H19Cl3N6OS. The maximum atomic E-state index is 6.11. The number of nitrogens with zero attached hydrogens (tertiary/aromatic N) is 4. The molecule has 0 amide bonds. The molecule has 3 N–H and O–H groups in total. The molecule has 0 saturated heterocycles. The van der Waals surface area contributed by atoms with Crippen LogP contribution in [0.15, 0.2) is 77.0 Å². The fraction of sp³-hybridized carbons (Fsp3) is 0.0870. The normalized spacial score (nSPS) is 11.1. The Balaban J connectivity index is 1.36. The number of nitrogen functional groups attached to an aromatic ring is 1. The minimum Gasteiger partial charge on any atom is -0.488 e. The van der Waals surface area contributed by atoms with E-state index in [2.05, 4.69) is 20.7 Å². The first-order valence-corrected chi connectivity index (χ1v) is 12.1. The molecule has 7 nitrogen and oxygen atoms in total. The fourth-order valence-corrected chi connectivity index (χ4v) is 4.10. The molecule has 3 aromatic carbocycles. The molecule has 4 rings (SSSR count). The van der Waals surface area contributed by atoms with Gasteiger partial charge in [-0.3, -0.25) is 0 Å². The van der Waals surface area contributed by atoms with Gasteiger partial charge in [0.05, 0.1) is 16.3 Å². The van der Waals surface area contributed by atoms with Crippen molar-refractivity contribution in [2.75, 3.05) is 11.3 Å². The number of para-hydroxylation sites is 1. The summed E-state index contributed by atoms with van der Waals surface area (Å²) in [4.78, 5) is 0. The summed E-state index contributed by atoms with van der Waals surface area (Å²) in [6.45, 7) is 0.409. The van der Waals surface area contributed by atoms with E-state index in [0.717, 1.165) is 16.7 Å². The van der Waals surface area contributed by atoms with Crippen LogP contribution in [0.25, 0.3) is 0 Å². The molecule has 4 aromatic rings. The number of nitrogens with two attached hydrogens (primary N) is 1. The second-order valence-corrected chi connectivity index (χ2v) is 9.23. The lowest BCUT2D eigenvalue weighted by atomic mass is 10.2. The number of hydrogen-bond acceptors (Lipinski definition) is 7. The van der Waals surface area contributed by atoms with Crippen molar-refractivity contribution >= 4 is 58.7 Å². The van der Waals surface area contributed by atoms with Crippen LogP contribution in [-0.2, 0) is 12.4 Å². The number of benzene rings is 3. The van der Waals surface area contributed by atoms with Crippen molar-refractivity contribution in [1.29, 1.82) is 0 Å². The third-order valence-electron chi connectivity index (χ3n) is 4.61. The molecule has 1 aromatic heterocycles. The van der Waals surface area contributed by atoms with Gasteiger partial charge in [-0.1, -0.05) is 76.9 Å². The molecule has 11 heteroatoms. The molecule has 0 spiro atoms. The Labute approximate surface area is 215 Å². The number of anilines is 1. The van der Waals surface area contributed by atoms with Crippen LogP contribution in [-0.4, -0.2) is 21.1 Å². The Kier molecular flexibility index (Phi) is 8.18. The number of thioether (sulfide) groups is 1. The fourth-order valence-electron chi connectivity index (χ4n) is 2.85. The predicted octanol–water partition coefficient (Wildman–Crippen LogP) is 6.27. The lowest BCUT2D eigenvalue weighted by Crippen LogP contribution is -2.13. The van der Waals surface area contributed by atoms with Crippen molar-refractivity contribution in [3.05, 3.63) is 98.5 Å². The van der Waals surface area contributed by atoms with Gasteiger partial charge >= 0.3 is 0 Å². The van der Waals surface area contributed by atoms with E-state index in [1.807, 2.05) is 60.7 Å². The van der Waals surface area contributed by atoms with Crippen LogP contribution in [0.4, 0.5) is 5.95 Å². The van der Waals surface area contributed by atoms with Gasteiger partial charge in [-0.05, 0) is 47.5 Å². The summed E-state index contributed by atoms with van der Waals surface area (Å²) in [7, 11) is 0. The minimum absolute atomic E-state index is 0.299. The number of nitrogens with one attached hydrogen (secondary N) is 1. The Hall–Kier alpha value is -2.91. The smallest absolute Gasteiger partial charge is 0.264 e. The maximum Gasteiger partial charge on any atom is 0.264 e. The number of aromatic nitrogens is 3. The van der Waals surface area contributed by atoms with Crippen molar-refractivity contribution in [1.82, 2.24) is 14.9 Å². The van der Waals surface area contributed by atoms with Crippen LogP contribution in [0.1, 0.15) is 16.7 Å². The molecule has 0 saturated carbocycles. The lowest BCUT2D eigenvalue weighted by molar-refractivity contribution is 0.306. The summed E-state index contributed by atoms with van der Waals surface area (Å²) in [5.74, 6) is 7.70. The van der Waals surface area contributed by atoms with Gasteiger partial charge in [0.1, 0.15) is 12.4 Å². The van der Waals surface area contributed by atoms with Crippen molar-refractivity contribution in [3.63, 3.8) is 0 Å². The van der Waals surface area contributed by atoms with Gasteiger partial charge in [-0.2, -0.15) is 5.10 Å². The Bertz CT molecular complexity index is 1300. The highest BCUT2D eigenvalue weighted by Crippen LogP contribution is 2.27. The van der Waals surface area contributed by atoms with Gasteiger partial charge in [0.25, 0.3) is 5.95 Å². The number of hydrogen-bond donors (Lipinski definition) is 2. The summed E-state index contributed by atoms with van der Waals surface area (Å²) in [6, 6.07) is 20.5. The minimum atomic E-state index is 0.299. The highest BCUT2D eigenvalue weighted by Gasteiger charge is 2.10. The zero-order valence-electron chi connectivity index (χ0n) is 17.7. The van der Waals surface area contributed by atoms with Crippen LogP contribution >= 0.6 is 46.6 Å². The molecule has 0 radical (unpaired) electrons.